The Morgan fingerprint density at radius 2 is 1.55 bits per heavy atom. The van der Waals surface area contributed by atoms with Crippen molar-refractivity contribution in [1.29, 1.82) is 0 Å². The molecular formula is C14H17NO5. The zero-order valence-corrected chi connectivity index (χ0v) is 11.2. The van der Waals surface area contributed by atoms with Crippen molar-refractivity contribution in [2.24, 2.45) is 0 Å². The molecule has 108 valence electrons. The highest BCUT2D eigenvalue weighted by molar-refractivity contribution is 5.98. The number of hydrogen-bond donors (Lipinski definition) is 3. The summed E-state index contributed by atoms with van der Waals surface area (Å²) in [6.45, 7) is 2.02. The van der Waals surface area contributed by atoms with Crippen LogP contribution < -0.4 is 5.32 Å². The fraction of sp³-hybridized carbons (Fsp3) is 0.357. The number of carboxylic acids is 2. The van der Waals surface area contributed by atoms with Gasteiger partial charge in [0.2, 0.25) is 5.91 Å². The van der Waals surface area contributed by atoms with Gasteiger partial charge in [-0.3, -0.25) is 4.79 Å². The molecule has 0 aromatic heterocycles. The highest BCUT2D eigenvalue weighted by atomic mass is 16.4. The Morgan fingerprint density at radius 3 is 2.00 bits per heavy atom. The second kappa shape index (κ2) is 7.28. The fourth-order valence-corrected chi connectivity index (χ4v) is 1.71. The molecular weight excluding hydrogens is 262 g/mol. The molecule has 6 nitrogen and oxygen atoms in total. The van der Waals surface area contributed by atoms with E-state index in [4.69, 9.17) is 10.2 Å². The van der Waals surface area contributed by atoms with E-state index in [1.54, 1.807) is 0 Å². The third-order valence-electron chi connectivity index (χ3n) is 2.72. The van der Waals surface area contributed by atoms with Gasteiger partial charge in [0.05, 0.1) is 11.1 Å². The second-order valence-corrected chi connectivity index (χ2v) is 4.41. The minimum atomic E-state index is -1.24. The van der Waals surface area contributed by atoms with E-state index in [0.29, 0.717) is 6.42 Å². The quantitative estimate of drug-likeness (QED) is 0.665. The van der Waals surface area contributed by atoms with E-state index < -0.39 is 11.9 Å². The van der Waals surface area contributed by atoms with Crippen molar-refractivity contribution in [3.63, 3.8) is 0 Å². The summed E-state index contributed by atoms with van der Waals surface area (Å²) in [5, 5.41) is 20.4. The lowest BCUT2D eigenvalue weighted by atomic mass is 10.1. The Labute approximate surface area is 116 Å². The molecule has 0 aliphatic carbocycles. The Morgan fingerprint density at radius 1 is 1.00 bits per heavy atom. The molecule has 0 fully saturated rings. The van der Waals surface area contributed by atoms with Crippen LogP contribution in [-0.4, -0.2) is 28.1 Å². The third kappa shape index (κ3) is 4.72. The zero-order chi connectivity index (χ0) is 15.1. The molecule has 6 heteroatoms. The van der Waals surface area contributed by atoms with E-state index in [1.165, 1.54) is 12.1 Å². The molecule has 0 unspecified atom stereocenters. The van der Waals surface area contributed by atoms with Gasteiger partial charge < -0.3 is 15.5 Å². The minimum Gasteiger partial charge on any atom is -0.478 e. The predicted octanol–water partition coefficient (Wildman–Crippen LogP) is 2.60. The van der Waals surface area contributed by atoms with Crippen LogP contribution in [0, 0.1) is 0 Å². The standard InChI is InChI=1S/C14H17NO5/c1-2-3-4-5-12(16)15-11-7-9(13(17)18)6-10(8-11)14(19)20/h6-8H,2-5H2,1H3,(H,15,16)(H,17,18)(H,19,20). The van der Waals surface area contributed by atoms with E-state index in [9.17, 15) is 14.4 Å². The van der Waals surface area contributed by atoms with Gasteiger partial charge in [-0.2, -0.15) is 0 Å². The summed E-state index contributed by atoms with van der Waals surface area (Å²) in [7, 11) is 0. The first-order valence-corrected chi connectivity index (χ1v) is 6.35. The van der Waals surface area contributed by atoms with Gasteiger partial charge in [0.1, 0.15) is 0 Å². The van der Waals surface area contributed by atoms with Crippen LogP contribution in [0.15, 0.2) is 18.2 Å². The molecule has 0 radical (unpaired) electrons. The first-order chi connectivity index (χ1) is 9.43. The first-order valence-electron chi connectivity index (χ1n) is 6.35. The van der Waals surface area contributed by atoms with E-state index >= 15 is 0 Å². The number of carbonyl (C=O) groups is 3. The average Bonchev–Trinajstić information content (AvgIpc) is 2.38. The van der Waals surface area contributed by atoms with E-state index in [-0.39, 0.29) is 22.7 Å². The van der Waals surface area contributed by atoms with Gasteiger partial charge in [-0.05, 0) is 24.6 Å². The van der Waals surface area contributed by atoms with Crippen molar-refractivity contribution in [2.45, 2.75) is 32.6 Å². The highest BCUT2D eigenvalue weighted by Gasteiger charge is 2.12. The average molecular weight is 279 g/mol. The van der Waals surface area contributed by atoms with Gasteiger partial charge in [0.15, 0.2) is 0 Å². The number of aromatic carboxylic acids is 2. The summed E-state index contributed by atoms with van der Waals surface area (Å²) in [5.74, 6) is -2.73. The van der Waals surface area contributed by atoms with Gasteiger partial charge in [-0.15, -0.1) is 0 Å². The topological polar surface area (TPSA) is 104 Å². The number of amides is 1. The van der Waals surface area contributed by atoms with Crippen LogP contribution in [0.4, 0.5) is 5.69 Å². The third-order valence-corrected chi connectivity index (χ3v) is 2.72. The van der Waals surface area contributed by atoms with Crippen LogP contribution in [0.25, 0.3) is 0 Å². The number of nitrogens with one attached hydrogen (secondary N) is 1. The minimum absolute atomic E-state index is 0.172. The summed E-state index contributed by atoms with van der Waals surface area (Å²) in [6, 6.07) is 3.54. The Hall–Kier alpha value is -2.37. The molecule has 0 heterocycles. The Balaban J connectivity index is 2.86. The molecule has 0 saturated carbocycles. The lowest BCUT2D eigenvalue weighted by molar-refractivity contribution is -0.116. The molecule has 0 aliphatic rings. The molecule has 20 heavy (non-hydrogen) atoms. The number of hydrogen-bond acceptors (Lipinski definition) is 3. The number of benzene rings is 1. The van der Waals surface area contributed by atoms with Crippen molar-refractivity contribution in [3.8, 4) is 0 Å². The maximum atomic E-state index is 11.6. The lowest BCUT2D eigenvalue weighted by Gasteiger charge is -2.07. The van der Waals surface area contributed by atoms with Crippen LogP contribution in [0.3, 0.4) is 0 Å². The van der Waals surface area contributed by atoms with Gasteiger partial charge in [0, 0.05) is 12.1 Å². The summed E-state index contributed by atoms with van der Waals surface area (Å²) in [6.07, 6.45) is 2.99. The smallest absolute Gasteiger partial charge is 0.335 e. The maximum Gasteiger partial charge on any atom is 0.335 e. The summed E-state index contributed by atoms with van der Waals surface area (Å²) in [4.78, 5) is 33.5. The summed E-state index contributed by atoms with van der Waals surface area (Å²) in [5.41, 5.74) is -0.161. The number of rotatable bonds is 7. The van der Waals surface area contributed by atoms with Crippen molar-refractivity contribution in [1.82, 2.24) is 0 Å². The normalized spacial score (nSPS) is 10.1. The van der Waals surface area contributed by atoms with E-state index in [1.807, 2.05) is 6.92 Å². The Bertz CT molecular complexity index is 492. The van der Waals surface area contributed by atoms with Crippen molar-refractivity contribution >= 4 is 23.5 Å². The molecule has 0 spiro atoms. The van der Waals surface area contributed by atoms with E-state index in [0.717, 1.165) is 25.3 Å². The lowest BCUT2D eigenvalue weighted by Crippen LogP contribution is -2.13. The number of carboxylic acid groups (broad SMARTS) is 2. The first kappa shape index (κ1) is 15.7. The number of carbonyl (C=O) groups excluding carboxylic acids is 1. The summed E-state index contributed by atoms with van der Waals surface area (Å²) >= 11 is 0. The van der Waals surface area contributed by atoms with Crippen molar-refractivity contribution < 1.29 is 24.6 Å². The Kier molecular flexibility index (Phi) is 5.71. The fourth-order valence-electron chi connectivity index (χ4n) is 1.71. The molecule has 0 saturated heterocycles. The molecule has 1 aromatic rings. The van der Waals surface area contributed by atoms with Crippen LogP contribution in [0.5, 0.6) is 0 Å². The molecule has 1 amide bonds. The molecule has 0 aliphatic heterocycles. The molecule has 0 atom stereocenters. The largest absolute Gasteiger partial charge is 0.478 e. The van der Waals surface area contributed by atoms with Gasteiger partial charge in [-0.25, -0.2) is 9.59 Å². The summed E-state index contributed by atoms with van der Waals surface area (Å²) < 4.78 is 0. The van der Waals surface area contributed by atoms with Gasteiger partial charge in [0.25, 0.3) is 0 Å². The van der Waals surface area contributed by atoms with Crippen molar-refractivity contribution in [2.75, 3.05) is 5.32 Å². The van der Waals surface area contributed by atoms with Crippen molar-refractivity contribution in [3.05, 3.63) is 29.3 Å². The molecule has 1 rings (SSSR count). The van der Waals surface area contributed by atoms with Gasteiger partial charge in [-0.1, -0.05) is 19.8 Å². The molecule has 0 bridgehead atoms. The second-order valence-electron chi connectivity index (χ2n) is 4.41. The molecule has 3 N–H and O–H groups in total. The van der Waals surface area contributed by atoms with Gasteiger partial charge >= 0.3 is 11.9 Å². The van der Waals surface area contributed by atoms with Crippen LogP contribution >= 0.6 is 0 Å². The molecule has 1 aromatic carbocycles. The van der Waals surface area contributed by atoms with E-state index in [2.05, 4.69) is 5.32 Å². The van der Waals surface area contributed by atoms with Crippen LogP contribution in [0.2, 0.25) is 0 Å². The SMILES string of the molecule is CCCCCC(=O)Nc1cc(C(=O)O)cc(C(=O)O)c1. The van der Waals surface area contributed by atoms with Crippen LogP contribution in [-0.2, 0) is 4.79 Å². The maximum absolute atomic E-state index is 11.6. The van der Waals surface area contributed by atoms with Crippen LogP contribution in [0.1, 0.15) is 53.3 Å². The number of unbranched alkanes of at least 4 members (excludes halogenated alkanes) is 2. The predicted molar refractivity (Wildman–Crippen MR) is 73.1 cm³/mol. The highest BCUT2D eigenvalue weighted by Crippen LogP contribution is 2.16. The zero-order valence-electron chi connectivity index (χ0n) is 11.2. The monoisotopic (exact) mass is 279 g/mol. The number of anilines is 1.